The number of aryl methyl sites for hydroxylation is 2. The second-order valence-electron chi connectivity index (χ2n) is 7.91. The summed E-state index contributed by atoms with van der Waals surface area (Å²) in [5, 5.41) is 6.90. The molecule has 0 atom stereocenters. The van der Waals surface area contributed by atoms with Gasteiger partial charge in [0.2, 0.25) is 0 Å². The molecule has 4 rings (SSSR count). The molecule has 0 radical (unpaired) electrons. The van der Waals surface area contributed by atoms with Crippen molar-refractivity contribution >= 4 is 17.3 Å². The summed E-state index contributed by atoms with van der Waals surface area (Å²) in [6, 6.07) is 15.2. The predicted octanol–water partition coefficient (Wildman–Crippen LogP) is 3.87. The Hall–Kier alpha value is -3.32. The molecule has 162 valence electrons. The van der Waals surface area contributed by atoms with Gasteiger partial charge >= 0.3 is 0 Å². The van der Waals surface area contributed by atoms with E-state index in [1.54, 1.807) is 12.1 Å². The smallest absolute Gasteiger partial charge is 0.255 e. The molecule has 7 nitrogen and oxygen atoms in total. The van der Waals surface area contributed by atoms with E-state index in [1.807, 2.05) is 38.1 Å². The van der Waals surface area contributed by atoms with Crippen LogP contribution in [-0.2, 0) is 6.61 Å². The Kier molecular flexibility index (Phi) is 6.23. The van der Waals surface area contributed by atoms with Gasteiger partial charge < -0.3 is 24.4 Å². The minimum absolute atomic E-state index is 0.171. The maximum Gasteiger partial charge on any atom is 0.255 e. The number of nitrogens with zero attached hydrogens (tertiary/aromatic N) is 3. The Bertz CT molecular complexity index is 1020. The number of hydrogen-bond acceptors (Lipinski definition) is 6. The monoisotopic (exact) mass is 420 g/mol. The highest BCUT2D eigenvalue weighted by molar-refractivity contribution is 6.04. The third-order valence-corrected chi connectivity index (χ3v) is 5.65. The maximum atomic E-state index is 12.7. The molecule has 0 aliphatic carbocycles. The second-order valence-corrected chi connectivity index (χ2v) is 7.91. The molecule has 1 fully saturated rings. The molecule has 3 aromatic rings. The second kappa shape index (κ2) is 9.22. The third kappa shape index (κ3) is 5.06. The van der Waals surface area contributed by atoms with Crippen molar-refractivity contribution in [2.24, 2.45) is 0 Å². The molecular weight excluding hydrogens is 392 g/mol. The van der Waals surface area contributed by atoms with E-state index >= 15 is 0 Å². The van der Waals surface area contributed by atoms with Crippen molar-refractivity contribution in [1.82, 2.24) is 10.1 Å². The van der Waals surface area contributed by atoms with Crippen LogP contribution in [0.2, 0.25) is 0 Å². The van der Waals surface area contributed by atoms with Crippen LogP contribution in [0.1, 0.15) is 27.4 Å². The topological polar surface area (TPSA) is 70.8 Å². The van der Waals surface area contributed by atoms with E-state index in [9.17, 15) is 4.79 Å². The number of rotatable bonds is 6. The number of amides is 1. The lowest BCUT2D eigenvalue weighted by molar-refractivity contribution is 0.102. The van der Waals surface area contributed by atoms with Crippen molar-refractivity contribution in [3.05, 3.63) is 71.1 Å². The van der Waals surface area contributed by atoms with E-state index in [4.69, 9.17) is 9.26 Å². The third-order valence-electron chi connectivity index (χ3n) is 5.65. The van der Waals surface area contributed by atoms with Gasteiger partial charge in [0.15, 0.2) is 0 Å². The fourth-order valence-corrected chi connectivity index (χ4v) is 3.61. The number of carbonyl (C=O) groups excluding carboxylic acids is 1. The Morgan fingerprint density at radius 2 is 1.84 bits per heavy atom. The van der Waals surface area contributed by atoms with Crippen molar-refractivity contribution < 1.29 is 14.1 Å². The predicted molar refractivity (Wildman–Crippen MR) is 121 cm³/mol. The van der Waals surface area contributed by atoms with Gasteiger partial charge in [-0.2, -0.15) is 0 Å². The Morgan fingerprint density at radius 3 is 2.52 bits per heavy atom. The molecule has 2 heterocycles. The van der Waals surface area contributed by atoms with E-state index in [0.29, 0.717) is 17.9 Å². The van der Waals surface area contributed by atoms with Crippen molar-refractivity contribution in [1.29, 1.82) is 0 Å². The highest BCUT2D eigenvalue weighted by Gasteiger charge is 2.15. The minimum Gasteiger partial charge on any atom is -0.489 e. The van der Waals surface area contributed by atoms with Crippen molar-refractivity contribution in [2.45, 2.75) is 20.5 Å². The lowest BCUT2D eigenvalue weighted by atomic mass is 10.2. The minimum atomic E-state index is -0.171. The molecule has 0 spiro atoms. The van der Waals surface area contributed by atoms with E-state index in [0.717, 1.165) is 48.9 Å². The van der Waals surface area contributed by atoms with Crippen molar-refractivity contribution in [2.75, 3.05) is 43.4 Å². The summed E-state index contributed by atoms with van der Waals surface area (Å²) < 4.78 is 11.0. The highest BCUT2D eigenvalue weighted by atomic mass is 16.5. The summed E-state index contributed by atoms with van der Waals surface area (Å²) in [6.45, 7) is 8.25. The van der Waals surface area contributed by atoms with Crippen LogP contribution >= 0.6 is 0 Å². The SMILES string of the molecule is Cc1noc(C)c1COc1cccc(C(=O)Nc2ccc(N3CCN(C)CC3)cc2)c1. The van der Waals surface area contributed by atoms with Gasteiger partial charge in [0, 0.05) is 43.1 Å². The fraction of sp³-hybridized carbons (Fsp3) is 0.333. The first-order chi connectivity index (χ1) is 15.0. The van der Waals surface area contributed by atoms with Gasteiger partial charge in [-0.25, -0.2) is 0 Å². The summed E-state index contributed by atoms with van der Waals surface area (Å²) in [7, 11) is 2.15. The lowest BCUT2D eigenvalue weighted by Crippen LogP contribution is -2.44. The molecule has 2 aromatic carbocycles. The Labute approximate surface area is 182 Å². The maximum absolute atomic E-state index is 12.7. The zero-order valence-corrected chi connectivity index (χ0v) is 18.2. The molecule has 1 aliphatic rings. The van der Waals surface area contributed by atoms with Gasteiger partial charge in [0.25, 0.3) is 5.91 Å². The normalized spacial score (nSPS) is 14.5. The molecule has 7 heteroatoms. The zero-order valence-electron chi connectivity index (χ0n) is 18.2. The number of likely N-dealkylation sites (N-methyl/N-ethyl adjacent to an activating group) is 1. The fourth-order valence-electron chi connectivity index (χ4n) is 3.61. The quantitative estimate of drug-likeness (QED) is 0.653. The number of piperazine rings is 1. The van der Waals surface area contributed by atoms with E-state index in [-0.39, 0.29) is 5.91 Å². The van der Waals surface area contributed by atoms with E-state index < -0.39 is 0 Å². The van der Waals surface area contributed by atoms with Crippen molar-refractivity contribution in [3.8, 4) is 5.75 Å². The molecule has 1 amide bonds. The Morgan fingerprint density at radius 1 is 1.10 bits per heavy atom. The molecule has 1 aromatic heterocycles. The number of anilines is 2. The van der Waals surface area contributed by atoms with Crippen molar-refractivity contribution in [3.63, 3.8) is 0 Å². The van der Waals surface area contributed by atoms with Crippen LogP contribution in [0.3, 0.4) is 0 Å². The number of ether oxygens (including phenoxy) is 1. The van der Waals surface area contributed by atoms with Gasteiger partial charge in [0.1, 0.15) is 18.1 Å². The van der Waals surface area contributed by atoms with Crippen LogP contribution in [0.15, 0.2) is 53.1 Å². The van der Waals surface area contributed by atoms with Crippen LogP contribution in [0.4, 0.5) is 11.4 Å². The summed E-state index contributed by atoms with van der Waals surface area (Å²) in [4.78, 5) is 17.4. The Balaban J connectivity index is 1.36. The molecule has 0 saturated carbocycles. The first-order valence-electron chi connectivity index (χ1n) is 10.5. The molecule has 0 unspecified atom stereocenters. The molecular formula is C24H28N4O3. The number of carbonyl (C=O) groups is 1. The summed E-state index contributed by atoms with van der Waals surface area (Å²) in [5.74, 6) is 1.19. The molecule has 0 bridgehead atoms. The average molecular weight is 421 g/mol. The highest BCUT2D eigenvalue weighted by Crippen LogP contribution is 2.22. The van der Waals surface area contributed by atoms with Gasteiger partial charge in [-0.05, 0) is 63.4 Å². The van der Waals surface area contributed by atoms with Crippen LogP contribution in [0.5, 0.6) is 5.75 Å². The summed E-state index contributed by atoms with van der Waals surface area (Å²) in [6.07, 6.45) is 0. The number of nitrogens with one attached hydrogen (secondary N) is 1. The van der Waals surface area contributed by atoms with Gasteiger partial charge in [0.05, 0.1) is 11.3 Å². The van der Waals surface area contributed by atoms with Gasteiger partial charge in [-0.3, -0.25) is 4.79 Å². The average Bonchev–Trinajstić information content (AvgIpc) is 3.11. The molecule has 1 saturated heterocycles. The van der Waals surface area contributed by atoms with Crippen LogP contribution < -0.4 is 15.0 Å². The lowest BCUT2D eigenvalue weighted by Gasteiger charge is -2.34. The zero-order chi connectivity index (χ0) is 21.8. The van der Waals surface area contributed by atoms with E-state index in [1.165, 1.54) is 5.69 Å². The molecule has 1 aliphatic heterocycles. The van der Waals surface area contributed by atoms with Crippen LogP contribution in [-0.4, -0.2) is 49.2 Å². The first kappa shape index (κ1) is 20.9. The first-order valence-corrected chi connectivity index (χ1v) is 10.5. The van der Waals surface area contributed by atoms with Crippen LogP contribution in [0, 0.1) is 13.8 Å². The molecule has 1 N–H and O–H groups in total. The summed E-state index contributed by atoms with van der Waals surface area (Å²) in [5.41, 5.74) is 4.23. The van der Waals surface area contributed by atoms with Gasteiger partial charge in [-0.1, -0.05) is 11.2 Å². The van der Waals surface area contributed by atoms with E-state index in [2.05, 4.69) is 39.5 Å². The van der Waals surface area contributed by atoms with Gasteiger partial charge in [-0.15, -0.1) is 0 Å². The number of hydrogen-bond donors (Lipinski definition) is 1. The van der Waals surface area contributed by atoms with Crippen LogP contribution in [0.25, 0.3) is 0 Å². The standard InChI is InChI=1S/C24H28N4O3/c1-17-23(18(2)31-26-17)16-30-22-6-4-5-19(15-22)24(29)25-20-7-9-21(10-8-20)28-13-11-27(3)12-14-28/h4-10,15H,11-14,16H2,1-3H3,(H,25,29). The largest absolute Gasteiger partial charge is 0.489 e. The summed E-state index contributed by atoms with van der Waals surface area (Å²) >= 11 is 0. The molecule has 31 heavy (non-hydrogen) atoms. The number of aromatic nitrogens is 1. The number of benzene rings is 2.